The average Bonchev–Trinajstić information content (AvgIpc) is 2.62. The number of anilines is 1. The summed E-state index contributed by atoms with van der Waals surface area (Å²) in [5, 5.41) is 2.87. The van der Waals surface area contributed by atoms with Crippen LogP contribution in [0.15, 0.2) is 6.07 Å². The summed E-state index contributed by atoms with van der Waals surface area (Å²) < 4.78 is 10.5. The maximum Gasteiger partial charge on any atom is 0.413 e. The number of hydrogen-bond donors (Lipinski definition) is 1. The van der Waals surface area contributed by atoms with Gasteiger partial charge < -0.3 is 9.47 Å². The van der Waals surface area contributed by atoms with Crippen LogP contribution in [0.2, 0.25) is 5.02 Å². The smallest absolute Gasteiger partial charge is 0.413 e. The molecule has 0 aromatic carbocycles. The van der Waals surface area contributed by atoms with E-state index in [2.05, 4.69) is 10.3 Å². The van der Waals surface area contributed by atoms with Crippen molar-refractivity contribution in [3.05, 3.63) is 16.8 Å². The zero-order valence-electron chi connectivity index (χ0n) is 10.5. The molecule has 0 bridgehead atoms. The van der Waals surface area contributed by atoms with Crippen molar-refractivity contribution in [2.24, 2.45) is 0 Å². The first-order chi connectivity index (χ1) is 8.35. The Bertz CT molecular complexity index is 483. The number of nitrogens with zero attached hydrogens (tertiary/aromatic N) is 1. The molecule has 0 atom stereocenters. The van der Waals surface area contributed by atoms with Gasteiger partial charge in [-0.1, -0.05) is 11.6 Å². The third-order valence-corrected chi connectivity index (χ3v) is 2.52. The molecular weight excluding hydrogens is 256 g/mol. The van der Waals surface area contributed by atoms with Crippen molar-refractivity contribution in [3.8, 4) is 5.75 Å². The topological polar surface area (TPSA) is 60.5 Å². The Balaban J connectivity index is 2.12. The number of ether oxygens (including phenoxy) is 2. The molecule has 0 saturated heterocycles. The van der Waals surface area contributed by atoms with Gasteiger partial charge in [-0.3, -0.25) is 5.32 Å². The molecule has 98 valence electrons. The number of amides is 1. The highest BCUT2D eigenvalue weighted by Crippen LogP contribution is 2.31. The summed E-state index contributed by atoms with van der Waals surface area (Å²) in [6, 6.07) is 1.66. The number of rotatable bonds is 1. The van der Waals surface area contributed by atoms with E-state index in [0.717, 1.165) is 12.1 Å². The van der Waals surface area contributed by atoms with Gasteiger partial charge in [0.05, 0.1) is 17.3 Å². The molecule has 1 aliphatic heterocycles. The predicted molar refractivity (Wildman–Crippen MR) is 68.3 cm³/mol. The van der Waals surface area contributed by atoms with Crippen LogP contribution in [0.25, 0.3) is 0 Å². The first kappa shape index (κ1) is 13.0. The van der Waals surface area contributed by atoms with Crippen molar-refractivity contribution >= 4 is 23.5 Å². The molecule has 1 amide bonds. The molecule has 5 nitrogen and oxygen atoms in total. The number of nitrogens with one attached hydrogen (secondary N) is 1. The molecule has 0 unspecified atom stereocenters. The van der Waals surface area contributed by atoms with Crippen LogP contribution in [0.5, 0.6) is 5.75 Å². The maximum atomic E-state index is 11.6. The number of fused-ring (bicyclic) bond motifs is 1. The Morgan fingerprint density at radius 2 is 2.28 bits per heavy atom. The Labute approximate surface area is 110 Å². The highest BCUT2D eigenvalue weighted by Gasteiger charge is 2.20. The Morgan fingerprint density at radius 1 is 1.56 bits per heavy atom. The fraction of sp³-hybridized carbons (Fsp3) is 0.500. The molecule has 1 N–H and O–H groups in total. The van der Waals surface area contributed by atoms with Gasteiger partial charge in [-0.2, -0.15) is 0 Å². The second kappa shape index (κ2) is 4.65. The van der Waals surface area contributed by atoms with Gasteiger partial charge in [-0.05, 0) is 20.8 Å². The normalized spacial score (nSPS) is 13.8. The van der Waals surface area contributed by atoms with E-state index in [-0.39, 0.29) is 0 Å². The van der Waals surface area contributed by atoms with E-state index in [1.165, 1.54) is 0 Å². The van der Waals surface area contributed by atoms with Crippen LogP contribution in [-0.2, 0) is 11.2 Å². The zero-order valence-corrected chi connectivity index (χ0v) is 11.3. The van der Waals surface area contributed by atoms with Gasteiger partial charge in [0.25, 0.3) is 0 Å². The predicted octanol–water partition coefficient (Wildman–Crippen LogP) is 3.02. The minimum Gasteiger partial charge on any atom is -0.491 e. The van der Waals surface area contributed by atoms with Crippen LogP contribution in [0.3, 0.4) is 0 Å². The third kappa shape index (κ3) is 3.04. The second-order valence-corrected chi connectivity index (χ2v) is 5.40. The number of carbonyl (C=O) groups is 1. The summed E-state index contributed by atoms with van der Waals surface area (Å²) in [7, 11) is 0. The van der Waals surface area contributed by atoms with Crippen molar-refractivity contribution in [1.82, 2.24) is 4.98 Å². The first-order valence-corrected chi connectivity index (χ1v) is 6.05. The highest BCUT2D eigenvalue weighted by atomic mass is 35.5. The fourth-order valence-electron chi connectivity index (χ4n) is 1.56. The van der Waals surface area contributed by atoms with Crippen molar-refractivity contribution in [3.63, 3.8) is 0 Å². The average molecular weight is 271 g/mol. The second-order valence-electron chi connectivity index (χ2n) is 4.99. The lowest BCUT2D eigenvalue weighted by Gasteiger charge is -2.19. The number of hydrogen-bond acceptors (Lipinski definition) is 4. The van der Waals surface area contributed by atoms with E-state index < -0.39 is 11.7 Å². The van der Waals surface area contributed by atoms with E-state index in [1.807, 2.05) is 0 Å². The van der Waals surface area contributed by atoms with Gasteiger partial charge >= 0.3 is 6.09 Å². The molecule has 1 aromatic heterocycles. The van der Waals surface area contributed by atoms with Crippen LogP contribution in [0.1, 0.15) is 26.5 Å². The van der Waals surface area contributed by atoms with Gasteiger partial charge in [0, 0.05) is 12.5 Å². The summed E-state index contributed by atoms with van der Waals surface area (Å²) in [5.41, 5.74) is 0.238. The quantitative estimate of drug-likeness (QED) is 0.852. The lowest BCUT2D eigenvalue weighted by molar-refractivity contribution is 0.0635. The van der Waals surface area contributed by atoms with Crippen molar-refractivity contribution < 1.29 is 14.3 Å². The van der Waals surface area contributed by atoms with Crippen molar-refractivity contribution in [2.75, 3.05) is 11.9 Å². The van der Waals surface area contributed by atoms with Gasteiger partial charge in [0.1, 0.15) is 11.4 Å². The van der Waals surface area contributed by atoms with E-state index in [9.17, 15) is 4.79 Å². The molecule has 0 radical (unpaired) electrons. The van der Waals surface area contributed by atoms with E-state index in [1.54, 1.807) is 26.8 Å². The Morgan fingerprint density at radius 3 is 2.94 bits per heavy atom. The van der Waals surface area contributed by atoms with Crippen LogP contribution < -0.4 is 10.1 Å². The van der Waals surface area contributed by atoms with Crippen LogP contribution >= 0.6 is 11.6 Å². The molecule has 2 rings (SSSR count). The van der Waals surface area contributed by atoms with Crippen LogP contribution in [0.4, 0.5) is 10.6 Å². The Hall–Kier alpha value is -1.49. The lowest BCUT2D eigenvalue weighted by Crippen LogP contribution is -2.27. The van der Waals surface area contributed by atoms with Gasteiger partial charge in [0.15, 0.2) is 5.82 Å². The zero-order chi connectivity index (χ0) is 13.3. The monoisotopic (exact) mass is 270 g/mol. The molecule has 0 spiro atoms. The number of aromatic nitrogens is 1. The van der Waals surface area contributed by atoms with Crippen LogP contribution in [-0.4, -0.2) is 23.3 Å². The summed E-state index contributed by atoms with van der Waals surface area (Å²) in [6.07, 6.45) is 0.144. The largest absolute Gasteiger partial charge is 0.491 e. The fourth-order valence-corrected chi connectivity index (χ4v) is 1.75. The SMILES string of the molecule is CC(C)(C)OC(=O)Nc1nc2c(cc1Cl)OCC2. The number of carbonyl (C=O) groups excluding carboxylic acids is 1. The van der Waals surface area contributed by atoms with Gasteiger partial charge in [-0.25, -0.2) is 9.78 Å². The lowest BCUT2D eigenvalue weighted by atomic mass is 10.2. The molecule has 1 aromatic rings. The molecule has 1 aliphatic rings. The minimum absolute atomic E-state index is 0.301. The van der Waals surface area contributed by atoms with Crippen molar-refractivity contribution in [2.45, 2.75) is 32.8 Å². The maximum absolute atomic E-state index is 11.6. The molecular formula is C12H15ClN2O3. The summed E-state index contributed by atoms with van der Waals surface area (Å²) in [5.74, 6) is 0.977. The molecule has 18 heavy (non-hydrogen) atoms. The third-order valence-electron chi connectivity index (χ3n) is 2.23. The summed E-state index contributed by atoms with van der Waals surface area (Å²) >= 11 is 6.01. The molecule has 0 aliphatic carbocycles. The molecule has 6 heteroatoms. The van der Waals surface area contributed by atoms with E-state index in [4.69, 9.17) is 21.1 Å². The van der Waals surface area contributed by atoms with Gasteiger partial charge in [0.2, 0.25) is 0 Å². The van der Waals surface area contributed by atoms with Crippen molar-refractivity contribution in [1.29, 1.82) is 0 Å². The van der Waals surface area contributed by atoms with Crippen LogP contribution in [0, 0.1) is 0 Å². The molecule has 2 heterocycles. The molecule has 0 fully saturated rings. The number of pyridine rings is 1. The highest BCUT2D eigenvalue weighted by molar-refractivity contribution is 6.33. The van der Waals surface area contributed by atoms with E-state index in [0.29, 0.717) is 23.2 Å². The number of halogens is 1. The summed E-state index contributed by atoms with van der Waals surface area (Å²) in [6.45, 7) is 5.96. The Kier molecular flexibility index (Phi) is 3.34. The summed E-state index contributed by atoms with van der Waals surface area (Å²) in [4.78, 5) is 15.9. The van der Waals surface area contributed by atoms with Gasteiger partial charge in [-0.15, -0.1) is 0 Å². The minimum atomic E-state index is -0.573. The first-order valence-electron chi connectivity index (χ1n) is 5.67. The molecule has 0 saturated carbocycles. The van der Waals surface area contributed by atoms with E-state index >= 15 is 0 Å². The standard InChI is InChI=1S/C12H15ClN2O3/c1-12(2,3)18-11(16)15-10-7(13)6-9-8(14-10)4-5-17-9/h6H,4-5H2,1-3H3,(H,14,15,16).